The first kappa shape index (κ1) is 17.8. The van der Waals surface area contributed by atoms with E-state index in [0.29, 0.717) is 23.0 Å². The molecule has 0 radical (unpaired) electrons. The van der Waals surface area contributed by atoms with Crippen LogP contribution in [0.3, 0.4) is 0 Å². The molecule has 0 spiro atoms. The minimum atomic E-state index is -3.11. The Labute approximate surface area is 151 Å². The van der Waals surface area contributed by atoms with Gasteiger partial charge in [0.15, 0.2) is 16.4 Å². The molecule has 0 aliphatic carbocycles. The number of hydrogen-bond donors (Lipinski definition) is 0. The van der Waals surface area contributed by atoms with Crippen molar-refractivity contribution in [3.63, 3.8) is 0 Å². The Morgan fingerprint density at radius 1 is 1.28 bits per heavy atom. The molecule has 25 heavy (non-hydrogen) atoms. The molecular formula is C17H18ClNO5S. The van der Waals surface area contributed by atoms with Crippen LogP contribution in [0.15, 0.2) is 47.1 Å². The van der Waals surface area contributed by atoms with Gasteiger partial charge in [0.1, 0.15) is 11.5 Å². The van der Waals surface area contributed by atoms with Crippen molar-refractivity contribution in [3.05, 3.63) is 53.4 Å². The molecule has 1 aliphatic heterocycles. The van der Waals surface area contributed by atoms with E-state index in [4.69, 9.17) is 20.8 Å². The second kappa shape index (κ2) is 7.49. The molecule has 0 unspecified atom stereocenters. The lowest BCUT2D eigenvalue weighted by molar-refractivity contribution is -0.136. The fraction of sp³-hybridized carbons (Fsp3) is 0.353. The normalized spacial score (nSPS) is 18.8. The smallest absolute Gasteiger partial charge is 0.261 e. The Bertz CT molecular complexity index is 834. The largest absolute Gasteiger partial charge is 0.482 e. The number of amides is 1. The van der Waals surface area contributed by atoms with Crippen molar-refractivity contribution in [2.75, 3.05) is 18.1 Å². The van der Waals surface area contributed by atoms with Crippen LogP contribution in [0.2, 0.25) is 5.02 Å². The van der Waals surface area contributed by atoms with Crippen molar-refractivity contribution in [2.45, 2.75) is 19.0 Å². The van der Waals surface area contributed by atoms with Crippen LogP contribution in [0, 0.1) is 0 Å². The number of rotatable bonds is 6. The van der Waals surface area contributed by atoms with Crippen molar-refractivity contribution in [2.24, 2.45) is 0 Å². The lowest BCUT2D eigenvalue weighted by Gasteiger charge is -2.27. The maximum absolute atomic E-state index is 12.7. The molecule has 134 valence electrons. The van der Waals surface area contributed by atoms with E-state index in [1.807, 2.05) is 0 Å². The van der Waals surface area contributed by atoms with E-state index in [-0.39, 0.29) is 36.6 Å². The van der Waals surface area contributed by atoms with Crippen LogP contribution in [0.25, 0.3) is 0 Å². The average molecular weight is 384 g/mol. The van der Waals surface area contributed by atoms with E-state index in [9.17, 15) is 13.2 Å². The molecule has 1 saturated heterocycles. The number of hydrogen-bond acceptors (Lipinski definition) is 5. The van der Waals surface area contributed by atoms with Crippen LogP contribution in [0.4, 0.5) is 0 Å². The summed E-state index contributed by atoms with van der Waals surface area (Å²) in [6, 6.07) is 9.97. The molecule has 0 bridgehead atoms. The molecule has 1 aliphatic rings. The Morgan fingerprint density at radius 3 is 2.72 bits per heavy atom. The highest BCUT2D eigenvalue weighted by Gasteiger charge is 2.35. The molecule has 1 amide bonds. The summed E-state index contributed by atoms with van der Waals surface area (Å²) in [5, 5.41) is 0.413. The van der Waals surface area contributed by atoms with Crippen LogP contribution in [0.1, 0.15) is 12.2 Å². The lowest BCUT2D eigenvalue weighted by Crippen LogP contribution is -2.43. The van der Waals surface area contributed by atoms with Crippen molar-refractivity contribution in [1.82, 2.24) is 4.90 Å². The zero-order chi connectivity index (χ0) is 17.9. The zero-order valence-electron chi connectivity index (χ0n) is 13.4. The molecule has 1 aromatic heterocycles. The van der Waals surface area contributed by atoms with Crippen molar-refractivity contribution in [1.29, 1.82) is 0 Å². The minimum absolute atomic E-state index is 0.0362. The second-order valence-corrected chi connectivity index (χ2v) is 8.51. The molecule has 2 aromatic rings. The van der Waals surface area contributed by atoms with Crippen molar-refractivity contribution < 1.29 is 22.4 Å². The first-order valence-corrected chi connectivity index (χ1v) is 10.0. The fourth-order valence-corrected chi connectivity index (χ4v) is 4.72. The van der Waals surface area contributed by atoms with Crippen LogP contribution in [-0.2, 0) is 21.2 Å². The summed E-state index contributed by atoms with van der Waals surface area (Å²) in [4.78, 5) is 14.2. The van der Waals surface area contributed by atoms with E-state index < -0.39 is 9.84 Å². The summed E-state index contributed by atoms with van der Waals surface area (Å²) in [5.74, 6) is 0.750. The summed E-state index contributed by atoms with van der Waals surface area (Å²) in [6.07, 6.45) is 1.94. The maximum atomic E-state index is 12.7. The zero-order valence-corrected chi connectivity index (χ0v) is 15.0. The third kappa shape index (κ3) is 4.55. The van der Waals surface area contributed by atoms with Crippen molar-refractivity contribution in [3.8, 4) is 5.75 Å². The highest BCUT2D eigenvalue weighted by atomic mass is 35.5. The maximum Gasteiger partial charge on any atom is 0.261 e. The van der Waals surface area contributed by atoms with E-state index in [2.05, 4.69) is 0 Å². The van der Waals surface area contributed by atoms with E-state index in [0.717, 1.165) is 0 Å². The summed E-state index contributed by atoms with van der Waals surface area (Å²) in [6.45, 7) is -0.0150. The molecule has 6 nitrogen and oxygen atoms in total. The summed E-state index contributed by atoms with van der Waals surface area (Å²) < 4.78 is 34.4. The Morgan fingerprint density at radius 2 is 2.08 bits per heavy atom. The van der Waals surface area contributed by atoms with Gasteiger partial charge >= 0.3 is 0 Å². The standard InChI is InChI=1S/C17H18ClNO5S/c18-15-5-1-2-6-16(15)24-11-17(20)19(10-14-4-3-8-23-14)13-7-9-25(21,22)12-13/h1-6,8,13H,7,9-12H2/t13-/m0/s1. The molecular weight excluding hydrogens is 366 g/mol. The number of para-hydroxylation sites is 1. The lowest BCUT2D eigenvalue weighted by atomic mass is 10.2. The molecule has 0 N–H and O–H groups in total. The second-order valence-electron chi connectivity index (χ2n) is 5.88. The van der Waals surface area contributed by atoms with Gasteiger partial charge in [-0.1, -0.05) is 23.7 Å². The van der Waals surface area contributed by atoms with Gasteiger partial charge in [-0.3, -0.25) is 4.79 Å². The summed E-state index contributed by atoms with van der Waals surface area (Å²) in [7, 11) is -3.11. The molecule has 1 fully saturated rings. The van der Waals surface area contributed by atoms with Gasteiger partial charge in [0.25, 0.3) is 5.91 Å². The Balaban J connectivity index is 1.71. The minimum Gasteiger partial charge on any atom is -0.482 e. The third-order valence-electron chi connectivity index (χ3n) is 4.06. The first-order valence-electron chi connectivity index (χ1n) is 7.84. The summed E-state index contributed by atoms with van der Waals surface area (Å²) in [5.41, 5.74) is 0. The van der Waals surface area contributed by atoms with Crippen LogP contribution in [-0.4, -0.2) is 43.4 Å². The first-order chi connectivity index (χ1) is 11.9. The van der Waals surface area contributed by atoms with Gasteiger partial charge in [-0.05, 0) is 30.7 Å². The van der Waals surface area contributed by atoms with Crippen molar-refractivity contribution >= 4 is 27.3 Å². The van der Waals surface area contributed by atoms with Crippen LogP contribution < -0.4 is 4.74 Å². The summed E-state index contributed by atoms with van der Waals surface area (Å²) >= 11 is 6.02. The molecule has 3 rings (SSSR count). The number of sulfone groups is 1. The molecule has 8 heteroatoms. The van der Waals surface area contributed by atoms with Gasteiger partial charge < -0.3 is 14.1 Å². The molecule has 1 aromatic carbocycles. The monoisotopic (exact) mass is 383 g/mol. The number of benzene rings is 1. The molecule has 1 atom stereocenters. The predicted octanol–water partition coefficient (Wildman–Crippen LogP) is 2.53. The van der Waals surface area contributed by atoms with Gasteiger partial charge in [0, 0.05) is 6.04 Å². The van der Waals surface area contributed by atoms with Crippen LogP contribution >= 0.6 is 11.6 Å². The third-order valence-corrected chi connectivity index (χ3v) is 6.13. The van der Waals surface area contributed by atoms with Gasteiger partial charge in [-0.2, -0.15) is 0 Å². The number of carbonyl (C=O) groups is 1. The molecule has 2 heterocycles. The van der Waals surface area contributed by atoms with Crippen LogP contribution in [0.5, 0.6) is 5.75 Å². The number of carbonyl (C=O) groups excluding carboxylic acids is 1. The molecule has 0 saturated carbocycles. The number of halogens is 1. The number of ether oxygens (including phenoxy) is 1. The highest BCUT2D eigenvalue weighted by molar-refractivity contribution is 7.91. The Kier molecular flexibility index (Phi) is 5.34. The van der Waals surface area contributed by atoms with E-state index >= 15 is 0 Å². The van der Waals surface area contributed by atoms with Gasteiger partial charge in [-0.25, -0.2) is 8.42 Å². The topological polar surface area (TPSA) is 76.8 Å². The van der Waals surface area contributed by atoms with E-state index in [1.54, 1.807) is 36.4 Å². The fourth-order valence-electron chi connectivity index (χ4n) is 2.80. The number of furan rings is 1. The van der Waals surface area contributed by atoms with Gasteiger partial charge in [0.05, 0.1) is 29.3 Å². The SMILES string of the molecule is O=C(COc1ccccc1Cl)N(Cc1ccco1)[C@H]1CCS(=O)(=O)C1. The number of nitrogens with zero attached hydrogens (tertiary/aromatic N) is 1. The average Bonchev–Trinajstić information content (AvgIpc) is 3.20. The van der Waals surface area contributed by atoms with Gasteiger partial charge in [0.2, 0.25) is 0 Å². The quantitative estimate of drug-likeness (QED) is 0.766. The highest BCUT2D eigenvalue weighted by Crippen LogP contribution is 2.24. The van der Waals surface area contributed by atoms with E-state index in [1.165, 1.54) is 11.2 Å². The van der Waals surface area contributed by atoms with Gasteiger partial charge in [-0.15, -0.1) is 0 Å². The predicted molar refractivity (Wildman–Crippen MR) is 93.3 cm³/mol. The Hall–Kier alpha value is -1.99.